The van der Waals surface area contributed by atoms with Crippen LogP contribution in [-0.4, -0.2) is 28.3 Å². The SMILES string of the molecule is Cc1ccc(C[C@@H]2CON=C(c3c(Oc4cccc(Cl)c4F)cnn(C)c3=O)N2)c(Cl)c1. The minimum Gasteiger partial charge on any atom is -0.452 e. The van der Waals surface area contributed by atoms with Gasteiger partial charge in [0.1, 0.15) is 12.2 Å². The zero-order valence-electron chi connectivity index (χ0n) is 17.2. The normalized spacial score (nSPS) is 15.5. The molecule has 3 aromatic rings. The third-order valence-corrected chi connectivity index (χ3v) is 5.57. The average Bonchev–Trinajstić information content (AvgIpc) is 2.76. The summed E-state index contributed by atoms with van der Waals surface area (Å²) in [7, 11) is 1.49. The average molecular weight is 477 g/mol. The van der Waals surface area contributed by atoms with E-state index in [0.29, 0.717) is 11.4 Å². The molecule has 2 aromatic carbocycles. The second kappa shape index (κ2) is 9.18. The lowest BCUT2D eigenvalue weighted by atomic mass is 10.0. The number of ether oxygens (including phenoxy) is 1. The Hall–Kier alpha value is -3.10. The number of hydrogen-bond donors (Lipinski definition) is 1. The maximum absolute atomic E-state index is 14.4. The molecule has 10 heteroatoms. The van der Waals surface area contributed by atoms with E-state index in [1.807, 2.05) is 25.1 Å². The van der Waals surface area contributed by atoms with Gasteiger partial charge < -0.3 is 14.9 Å². The van der Waals surface area contributed by atoms with Crippen molar-refractivity contribution < 1.29 is 14.0 Å². The molecule has 0 amide bonds. The summed E-state index contributed by atoms with van der Waals surface area (Å²) in [5.41, 5.74) is 1.55. The van der Waals surface area contributed by atoms with E-state index in [2.05, 4.69) is 15.6 Å². The van der Waals surface area contributed by atoms with E-state index in [1.54, 1.807) is 0 Å². The Morgan fingerprint density at radius 2 is 2.06 bits per heavy atom. The van der Waals surface area contributed by atoms with Crippen molar-refractivity contribution in [2.75, 3.05) is 6.61 Å². The standard InChI is InChI=1S/C22H19Cl2FN4O3/c1-12-6-7-13(16(24)8-12)9-14-11-31-28-21(27-14)19-18(10-26-29(2)22(19)30)32-17-5-3-4-15(23)20(17)25/h3-8,10,14H,9,11H2,1-2H3,(H,27,28)/t14-/m1/s1. The van der Waals surface area contributed by atoms with Crippen molar-refractivity contribution >= 4 is 29.0 Å². The van der Waals surface area contributed by atoms with Crippen molar-refractivity contribution in [3.63, 3.8) is 0 Å². The van der Waals surface area contributed by atoms with Crippen LogP contribution in [0, 0.1) is 12.7 Å². The number of oxime groups is 1. The minimum atomic E-state index is -0.748. The van der Waals surface area contributed by atoms with Gasteiger partial charge in [0.15, 0.2) is 23.2 Å². The van der Waals surface area contributed by atoms with E-state index in [0.717, 1.165) is 15.8 Å². The van der Waals surface area contributed by atoms with Crippen LogP contribution in [0.25, 0.3) is 0 Å². The Labute approximate surface area is 193 Å². The van der Waals surface area contributed by atoms with Crippen LogP contribution in [0.1, 0.15) is 16.7 Å². The molecule has 1 aliphatic heterocycles. The van der Waals surface area contributed by atoms with Crippen molar-refractivity contribution in [3.8, 4) is 11.5 Å². The van der Waals surface area contributed by atoms with Crippen LogP contribution < -0.4 is 15.6 Å². The first-order valence-corrected chi connectivity index (χ1v) is 10.5. The number of aryl methyl sites for hydroxylation is 2. The van der Waals surface area contributed by atoms with Crippen molar-refractivity contribution in [1.82, 2.24) is 15.1 Å². The van der Waals surface area contributed by atoms with Crippen LogP contribution in [0.4, 0.5) is 4.39 Å². The summed E-state index contributed by atoms with van der Waals surface area (Å²) in [6.45, 7) is 2.24. The number of hydrogen-bond acceptors (Lipinski definition) is 6. The van der Waals surface area contributed by atoms with Crippen LogP contribution in [0.15, 0.2) is 52.5 Å². The monoisotopic (exact) mass is 476 g/mol. The summed E-state index contributed by atoms with van der Waals surface area (Å²) >= 11 is 12.2. The molecular formula is C22H19Cl2FN4O3. The summed E-state index contributed by atoms with van der Waals surface area (Å²) < 4.78 is 21.2. The number of halogens is 3. The lowest BCUT2D eigenvalue weighted by Gasteiger charge is -2.25. The molecule has 2 heterocycles. The fourth-order valence-electron chi connectivity index (χ4n) is 3.26. The number of nitrogens with zero attached hydrogens (tertiary/aromatic N) is 3. The van der Waals surface area contributed by atoms with E-state index in [-0.39, 0.29) is 40.6 Å². The molecule has 1 atom stereocenters. The Balaban J connectivity index is 1.65. The van der Waals surface area contributed by atoms with Gasteiger partial charge in [0.25, 0.3) is 5.56 Å². The maximum atomic E-state index is 14.4. The molecule has 0 bridgehead atoms. The third kappa shape index (κ3) is 4.56. The van der Waals surface area contributed by atoms with Gasteiger partial charge in [-0.05, 0) is 42.7 Å². The van der Waals surface area contributed by atoms with Crippen LogP contribution in [0.5, 0.6) is 11.5 Å². The Morgan fingerprint density at radius 3 is 2.84 bits per heavy atom. The summed E-state index contributed by atoms with van der Waals surface area (Å²) in [6, 6.07) is 9.94. The third-order valence-electron chi connectivity index (χ3n) is 4.92. The largest absolute Gasteiger partial charge is 0.452 e. The van der Waals surface area contributed by atoms with Crippen LogP contribution in [0.2, 0.25) is 10.0 Å². The zero-order valence-corrected chi connectivity index (χ0v) is 18.7. The number of rotatable bonds is 5. The van der Waals surface area contributed by atoms with E-state index in [9.17, 15) is 9.18 Å². The molecule has 7 nitrogen and oxygen atoms in total. The molecule has 0 aliphatic carbocycles. The van der Waals surface area contributed by atoms with Crippen LogP contribution in [0.3, 0.4) is 0 Å². The van der Waals surface area contributed by atoms with Gasteiger partial charge in [0, 0.05) is 12.1 Å². The molecule has 0 fully saturated rings. The summed E-state index contributed by atoms with van der Waals surface area (Å²) in [5.74, 6) is -0.723. The maximum Gasteiger partial charge on any atom is 0.281 e. The minimum absolute atomic E-state index is 0.0122. The Kier molecular flexibility index (Phi) is 6.34. The summed E-state index contributed by atoms with van der Waals surface area (Å²) in [4.78, 5) is 18.3. The topological polar surface area (TPSA) is 77.7 Å². The predicted molar refractivity (Wildman–Crippen MR) is 120 cm³/mol. The second-order valence-electron chi connectivity index (χ2n) is 7.34. The van der Waals surface area contributed by atoms with Crippen LogP contribution in [-0.2, 0) is 18.3 Å². The van der Waals surface area contributed by atoms with Gasteiger partial charge in [-0.15, -0.1) is 0 Å². The Morgan fingerprint density at radius 1 is 1.25 bits per heavy atom. The molecule has 0 spiro atoms. The number of benzene rings is 2. The highest BCUT2D eigenvalue weighted by molar-refractivity contribution is 6.31. The van der Waals surface area contributed by atoms with Gasteiger partial charge in [-0.2, -0.15) is 5.10 Å². The number of aromatic nitrogens is 2. The van der Waals surface area contributed by atoms with Gasteiger partial charge in [0.05, 0.1) is 17.3 Å². The molecule has 0 unspecified atom stereocenters. The molecule has 0 saturated heterocycles. The van der Waals surface area contributed by atoms with Gasteiger partial charge in [0.2, 0.25) is 0 Å². The quantitative estimate of drug-likeness (QED) is 0.596. The first-order chi connectivity index (χ1) is 15.3. The number of nitrogens with one attached hydrogen (secondary N) is 1. The Bertz CT molecular complexity index is 1260. The summed E-state index contributed by atoms with van der Waals surface area (Å²) in [5, 5.41) is 11.7. The van der Waals surface area contributed by atoms with E-state index < -0.39 is 11.4 Å². The highest BCUT2D eigenvalue weighted by Gasteiger charge is 2.26. The van der Waals surface area contributed by atoms with Gasteiger partial charge in [-0.1, -0.05) is 46.6 Å². The van der Waals surface area contributed by atoms with E-state index >= 15 is 0 Å². The van der Waals surface area contributed by atoms with Gasteiger partial charge in [-0.3, -0.25) is 4.79 Å². The predicted octanol–water partition coefficient (Wildman–Crippen LogP) is 4.22. The summed E-state index contributed by atoms with van der Waals surface area (Å²) in [6.07, 6.45) is 1.85. The molecule has 1 aliphatic rings. The molecule has 4 rings (SSSR count). The first-order valence-electron chi connectivity index (χ1n) is 9.73. The van der Waals surface area contributed by atoms with Crippen molar-refractivity contribution in [3.05, 3.63) is 85.5 Å². The molecule has 32 heavy (non-hydrogen) atoms. The highest BCUT2D eigenvalue weighted by atomic mass is 35.5. The molecule has 1 N–H and O–H groups in total. The molecule has 0 radical (unpaired) electrons. The van der Waals surface area contributed by atoms with Crippen molar-refractivity contribution in [2.45, 2.75) is 19.4 Å². The highest BCUT2D eigenvalue weighted by Crippen LogP contribution is 2.30. The van der Waals surface area contributed by atoms with E-state index in [4.69, 9.17) is 32.8 Å². The molecule has 1 aromatic heterocycles. The van der Waals surface area contributed by atoms with Crippen molar-refractivity contribution in [1.29, 1.82) is 0 Å². The van der Waals surface area contributed by atoms with Crippen molar-refractivity contribution in [2.24, 2.45) is 12.2 Å². The first kappa shape index (κ1) is 22.1. The van der Waals surface area contributed by atoms with Gasteiger partial charge in [-0.25, -0.2) is 9.07 Å². The number of amidine groups is 1. The molecule has 0 saturated carbocycles. The molecule has 166 valence electrons. The lowest BCUT2D eigenvalue weighted by molar-refractivity contribution is 0.109. The lowest BCUT2D eigenvalue weighted by Crippen LogP contribution is -2.46. The smallest absolute Gasteiger partial charge is 0.281 e. The van der Waals surface area contributed by atoms with Crippen LogP contribution >= 0.6 is 23.2 Å². The zero-order chi connectivity index (χ0) is 22.8. The van der Waals surface area contributed by atoms with E-state index in [1.165, 1.54) is 31.4 Å². The second-order valence-corrected chi connectivity index (χ2v) is 8.16. The molecular weight excluding hydrogens is 458 g/mol. The van der Waals surface area contributed by atoms with Gasteiger partial charge >= 0.3 is 0 Å². The fraction of sp³-hybridized carbons (Fsp3) is 0.227. The fourth-order valence-corrected chi connectivity index (χ4v) is 3.74.